The summed E-state index contributed by atoms with van der Waals surface area (Å²) in [4.78, 5) is 8.02. The molecule has 0 aromatic heterocycles. The third-order valence-electron chi connectivity index (χ3n) is 13.0. The van der Waals surface area contributed by atoms with Crippen LogP contribution in [0.25, 0.3) is 28.0 Å². The number of nitrogens with zero attached hydrogens (tertiary/aromatic N) is 1. The molecule has 3 aliphatic rings. The van der Waals surface area contributed by atoms with E-state index in [-0.39, 0.29) is 0 Å². The van der Waals surface area contributed by atoms with Crippen LogP contribution in [0.2, 0.25) is 0 Å². The number of hydrogen-bond acceptors (Lipinski definition) is 2. The maximum absolute atomic E-state index is 5.44. The fourth-order valence-corrected chi connectivity index (χ4v) is 11.5. The lowest BCUT2D eigenvalue weighted by molar-refractivity contribution is 0.333. The molecule has 1 spiro atoms. The van der Waals surface area contributed by atoms with Crippen molar-refractivity contribution in [1.82, 2.24) is 0 Å². The Morgan fingerprint density at radius 2 is 1.27 bits per heavy atom. The average Bonchev–Trinajstić information content (AvgIpc) is 3.57. The standard InChI is InChI=1S/C58H53NS/c1-8-44-45(37(3)4)33-34-46(57(44)38(5)6)41-29-27-40(28-30-41)39(7)35-54(59-53(9-2)42-19-11-10-12-20-42)43-31-32-48-47-21-13-14-22-49(47)58(52(48)36-43)50-23-15-17-25-55(50)60-56-26-18-16-24-51(56)58/h9-38,44,57H,2,7-8H2,1,3-6H3/b54-35-,59-53+. The maximum Gasteiger partial charge on any atom is 0.0735 e. The van der Waals surface area contributed by atoms with Crippen LogP contribution in [0.1, 0.15) is 85.5 Å². The summed E-state index contributed by atoms with van der Waals surface area (Å²) in [6, 6.07) is 53.3. The Hall–Kier alpha value is -5.96. The first-order chi connectivity index (χ1) is 29.2. The Morgan fingerprint density at radius 1 is 0.667 bits per heavy atom. The molecule has 6 aromatic carbocycles. The average molecular weight is 796 g/mol. The van der Waals surface area contributed by atoms with E-state index in [1.54, 1.807) is 5.57 Å². The summed E-state index contributed by atoms with van der Waals surface area (Å²) in [5, 5.41) is 0. The van der Waals surface area contributed by atoms with Gasteiger partial charge in [0.2, 0.25) is 0 Å². The van der Waals surface area contributed by atoms with Gasteiger partial charge in [0.1, 0.15) is 0 Å². The monoisotopic (exact) mass is 795 g/mol. The van der Waals surface area contributed by atoms with Crippen LogP contribution in [-0.4, -0.2) is 5.71 Å². The Morgan fingerprint density at radius 3 is 1.90 bits per heavy atom. The van der Waals surface area contributed by atoms with Gasteiger partial charge in [-0.3, -0.25) is 0 Å². The minimum Gasteiger partial charge on any atom is -0.248 e. The quantitative estimate of drug-likeness (QED) is 0.0992. The molecule has 6 aromatic rings. The minimum atomic E-state index is -0.480. The van der Waals surface area contributed by atoms with Crippen molar-refractivity contribution in [2.75, 3.05) is 0 Å². The molecule has 0 saturated heterocycles. The molecule has 2 aliphatic carbocycles. The predicted molar refractivity (Wildman–Crippen MR) is 258 cm³/mol. The highest BCUT2D eigenvalue weighted by Gasteiger charge is 2.50. The van der Waals surface area contributed by atoms with Crippen molar-refractivity contribution in [3.8, 4) is 11.1 Å². The summed E-state index contributed by atoms with van der Waals surface area (Å²) in [6.45, 7) is 20.7. The minimum absolute atomic E-state index is 0.480. The second-order valence-corrected chi connectivity index (χ2v) is 18.2. The van der Waals surface area contributed by atoms with Crippen LogP contribution in [0.3, 0.4) is 0 Å². The number of allylic oxidation sites excluding steroid dienone is 7. The molecular formula is C58H53NS. The third-order valence-corrected chi connectivity index (χ3v) is 14.2. The van der Waals surface area contributed by atoms with Crippen LogP contribution < -0.4 is 0 Å². The maximum atomic E-state index is 5.44. The molecule has 0 radical (unpaired) electrons. The largest absolute Gasteiger partial charge is 0.248 e. The summed E-state index contributed by atoms with van der Waals surface area (Å²) in [7, 11) is 0. The van der Waals surface area contributed by atoms with Gasteiger partial charge in [0.05, 0.1) is 16.8 Å². The Bertz CT molecular complexity index is 2710. The Labute approximate surface area is 361 Å². The number of benzene rings is 6. The number of fused-ring (bicyclic) bond motifs is 9. The topological polar surface area (TPSA) is 12.4 Å². The van der Waals surface area contributed by atoms with Crippen molar-refractivity contribution in [2.45, 2.75) is 56.2 Å². The normalized spacial score (nSPS) is 17.7. The van der Waals surface area contributed by atoms with Crippen LogP contribution >= 0.6 is 11.8 Å². The zero-order valence-electron chi connectivity index (χ0n) is 35.5. The van der Waals surface area contributed by atoms with Crippen LogP contribution in [0.5, 0.6) is 0 Å². The van der Waals surface area contributed by atoms with E-state index in [0.717, 1.165) is 40.1 Å². The Balaban J connectivity index is 1.19. The molecule has 60 heavy (non-hydrogen) atoms. The van der Waals surface area contributed by atoms with Crippen molar-refractivity contribution in [1.29, 1.82) is 0 Å². The molecule has 9 rings (SSSR count). The smallest absolute Gasteiger partial charge is 0.0735 e. The van der Waals surface area contributed by atoms with E-state index in [2.05, 4.69) is 206 Å². The van der Waals surface area contributed by atoms with Crippen LogP contribution in [-0.2, 0) is 5.41 Å². The van der Waals surface area contributed by atoms with Gasteiger partial charge in [-0.25, -0.2) is 4.99 Å². The van der Waals surface area contributed by atoms with Crippen molar-refractivity contribution < 1.29 is 0 Å². The van der Waals surface area contributed by atoms with E-state index in [9.17, 15) is 0 Å². The third kappa shape index (κ3) is 6.63. The molecule has 1 nitrogen and oxygen atoms in total. The van der Waals surface area contributed by atoms with Crippen LogP contribution in [0.4, 0.5) is 0 Å². The fraction of sp³-hybridized carbons (Fsp3) is 0.190. The van der Waals surface area contributed by atoms with Gasteiger partial charge in [-0.2, -0.15) is 0 Å². The molecule has 2 atom stereocenters. The highest BCUT2D eigenvalue weighted by atomic mass is 32.2. The van der Waals surface area contributed by atoms with E-state index in [1.807, 2.05) is 23.9 Å². The van der Waals surface area contributed by atoms with Crippen LogP contribution in [0.15, 0.2) is 203 Å². The van der Waals surface area contributed by atoms with Crippen LogP contribution in [0, 0.1) is 23.7 Å². The predicted octanol–water partition coefficient (Wildman–Crippen LogP) is 15.5. The first-order valence-electron chi connectivity index (χ1n) is 21.6. The zero-order chi connectivity index (χ0) is 41.5. The lowest BCUT2D eigenvalue weighted by Gasteiger charge is -2.39. The van der Waals surface area contributed by atoms with E-state index in [1.165, 1.54) is 54.3 Å². The fourth-order valence-electron chi connectivity index (χ4n) is 10.4. The van der Waals surface area contributed by atoms with E-state index in [0.29, 0.717) is 23.7 Å². The number of rotatable bonds is 10. The summed E-state index contributed by atoms with van der Waals surface area (Å²) in [5.74, 6) is 2.13. The van der Waals surface area contributed by atoms with Gasteiger partial charge in [-0.1, -0.05) is 205 Å². The van der Waals surface area contributed by atoms with Crippen molar-refractivity contribution >= 4 is 34.3 Å². The van der Waals surface area contributed by atoms with Gasteiger partial charge in [-0.05, 0) is 116 Å². The molecule has 1 aliphatic heterocycles. The highest BCUT2D eigenvalue weighted by Crippen LogP contribution is 2.62. The van der Waals surface area contributed by atoms with Gasteiger partial charge < -0.3 is 0 Å². The van der Waals surface area contributed by atoms with Crippen molar-refractivity contribution in [2.24, 2.45) is 28.7 Å². The van der Waals surface area contributed by atoms with E-state index >= 15 is 0 Å². The summed E-state index contributed by atoms with van der Waals surface area (Å²) >= 11 is 1.87. The summed E-state index contributed by atoms with van der Waals surface area (Å²) < 4.78 is 0. The molecule has 296 valence electrons. The van der Waals surface area contributed by atoms with Gasteiger partial charge in [-0.15, -0.1) is 0 Å². The van der Waals surface area contributed by atoms with Gasteiger partial charge in [0.25, 0.3) is 0 Å². The van der Waals surface area contributed by atoms with Crippen molar-refractivity contribution in [3.05, 3.63) is 233 Å². The lowest BCUT2D eigenvalue weighted by Crippen LogP contribution is -2.32. The second-order valence-electron chi connectivity index (χ2n) is 17.1. The number of hydrogen-bond donors (Lipinski definition) is 0. The van der Waals surface area contributed by atoms with E-state index in [4.69, 9.17) is 4.99 Å². The first kappa shape index (κ1) is 39.5. The number of aliphatic imine (C=N–C) groups is 1. The molecule has 0 N–H and O–H groups in total. The molecular weight excluding hydrogens is 743 g/mol. The molecule has 0 amide bonds. The Kier molecular flexibility index (Phi) is 10.7. The molecule has 1 heterocycles. The summed E-state index contributed by atoms with van der Waals surface area (Å²) in [5.41, 5.74) is 17.3. The van der Waals surface area contributed by atoms with Gasteiger partial charge >= 0.3 is 0 Å². The molecule has 0 bridgehead atoms. The molecule has 2 heteroatoms. The highest BCUT2D eigenvalue weighted by molar-refractivity contribution is 7.99. The van der Waals surface area contributed by atoms with Crippen molar-refractivity contribution in [3.63, 3.8) is 0 Å². The van der Waals surface area contributed by atoms with E-state index < -0.39 is 5.41 Å². The molecule has 2 unspecified atom stereocenters. The molecule has 0 fully saturated rings. The first-order valence-corrected chi connectivity index (χ1v) is 22.4. The lowest BCUT2D eigenvalue weighted by atomic mass is 9.67. The molecule has 0 saturated carbocycles. The zero-order valence-corrected chi connectivity index (χ0v) is 36.3. The van der Waals surface area contributed by atoms with Gasteiger partial charge in [0.15, 0.2) is 0 Å². The SMILES string of the molecule is C=C/C(=N\C(=C/C(=C)c1ccc(C2=CC=C(C(C)C)C(CC)C2C(C)C)cc1)c1ccc2c(c1)C1(c3ccccc3Sc3ccccc31)c1ccccc1-2)c1ccccc1. The second kappa shape index (κ2) is 16.2. The summed E-state index contributed by atoms with van der Waals surface area (Å²) in [6.07, 6.45) is 9.97. The van der Waals surface area contributed by atoms with Gasteiger partial charge in [0, 0.05) is 20.9 Å².